The zero-order chi connectivity index (χ0) is 16.8. The summed E-state index contributed by atoms with van der Waals surface area (Å²) in [6, 6.07) is 5.94. The summed E-state index contributed by atoms with van der Waals surface area (Å²) in [7, 11) is 1.14. The molecule has 22 heavy (non-hydrogen) atoms. The summed E-state index contributed by atoms with van der Waals surface area (Å²) >= 11 is 4.82. The molecule has 0 aromatic heterocycles. The topological polar surface area (TPSA) is 79.5 Å². The van der Waals surface area contributed by atoms with E-state index < -0.39 is 24.6 Å². The Morgan fingerprint density at radius 2 is 1.73 bits per heavy atom. The van der Waals surface area contributed by atoms with Crippen molar-refractivity contribution in [2.75, 3.05) is 17.7 Å². The minimum atomic E-state index is -4.60. The van der Waals surface area contributed by atoms with Crippen molar-refractivity contribution < 1.29 is 27.5 Å². The number of ether oxygens (including phenoxy) is 1. The van der Waals surface area contributed by atoms with Crippen LogP contribution in [0.5, 0.6) is 0 Å². The number of halogens is 3. The molecule has 0 bridgehead atoms. The number of anilines is 2. The molecule has 0 saturated heterocycles. The van der Waals surface area contributed by atoms with E-state index in [2.05, 4.69) is 20.7 Å². The highest BCUT2D eigenvalue weighted by atomic mass is 32.1. The standard InChI is InChI=1S/C12H12F3N3O3S/c1-21-11(20)18-10(22)17-8-5-3-2-4-7(8)16-9(19)6-12(13,14)15/h2-5H,6H2,1H3,(H,16,19)(H2,17,18,20,22). The first kappa shape index (κ1) is 17.7. The van der Waals surface area contributed by atoms with Crippen LogP contribution >= 0.6 is 12.2 Å². The minimum absolute atomic E-state index is 0.0887. The summed E-state index contributed by atoms with van der Waals surface area (Å²) in [5.41, 5.74) is 0.310. The third-order valence-corrected chi connectivity index (χ3v) is 2.42. The first-order valence-electron chi connectivity index (χ1n) is 5.83. The molecule has 1 rings (SSSR count). The molecule has 1 aromatic rings. The maximum Gasteiger partial charge on any atom is 0.413 e. The van der Waals surface area contributed by atoms with Crippen molar-refractivity contribution in [2.45, 2.75) is 12.6 Å². The second kappa shape index (κ2) is 7.59. The van der Waals surface area contributed by atoms with Crippen LogP contribution in [-0.4, -0.2) is 30.4 Å². The molecule has 3 N–H and O–H groups in total. The number of carbonyl (C=O) groups is 2. The number of para-hydroxylation sites is 2. The number of hydrogen-bond donors (Lipinski definition) is 3. The maximum absolute atomic E-state index is 12.1. The van der Waals surface area contributed by atoms with E-state index in [1.54, 1.807) is 6.07 Å². The van der Waals surface area contributed by atoms with Crippen molar-refractivity contribution in [3.05, 3.63) is 24.3 Å². The molecule has 0 heterocycles. The fraction of sp³-hybridized carbons (Fsp3) is 0.250. The van der Waals surface area contributed by atoms with Gasteiger partial charge in [0.1, 0.15) is 6.42 Å². The summed E-state index contributed by atoms with van der Waals surface area (Å²) in [4.78, 5) is 22.3. The van der Waals surface area contributed by atoms with Gasteiger partial charge in [0.2, 0.25) is 5.91 Å². The number of carbonyl (C=O) groups excluding carboxylic acids is 2. The average molecular weight is 335 g/mol. The van der Waals surface area contributed by atoms with Gasteiger partial charge in [0.25, 0.3) is 0 Å². The molecule has 0 aliphatic heterocycles. The van der Waals surface area contributed by atoms with Gasteiger partial charge in [-0.3, -0.25) is 10.1 Å². The third kappa shape index (κ3) is 6.39. The van der Waals surface area contributed by atoms with E-state index in [-0.39, 0.29) is 16.5 Å². The smallest absolute Gasteiger partial charge is 0.413 e. The van der Waals surface area contributed by atoms with E-state index in [9.17, 15) is 22.8 Å². The molecular weight excluding hydrogens is 323 g/mol. The van der Waals surface area contributed by atoms with Crippen LogP contribution in [0.15, 0.2) is 24.3 Å². The van der Waals surface area contributed by atoms with Crippen LogP contribution in [0.2, 0.25) is 0 Å². The van der Waals surface area contributed by atoms with Crippen molar-refractivity contribution in [1.29, 1.82) is 0 Å². The molecule has 0 aliphatic rings. The lowest BCUT2D eigenvalue weighted by molar-refractivity contribution is -0.150. The average Bonchev–Trinajstić information content (AvgIpc) is 2.38. The van der Waals surface area contributed by atoms with Gasteiger partial charge in [-0.25, -0.2) is 4.79 Å². The zero-order valence-electron chi connectivity index (χ0n) is 11.3. The van der Waals surface area contributed by atoms with Crippen LogP contribution in [0.4, 0.5) is 29.3 Å². The summed E-state index contributed by atoms with van der Waals surface area (Å²) in [5, 5.41) is 6.71. The highest BCUT2D eigenvalue weighted by Crippen LogP contribution is 2.24. The van der Waals surface area contributed by atoms with Crippen molar-refractivity contribution in [3.8, 4) is 0 Å². The van der Waals surface area contributed by atoms with Crippen LogP contribution in [0.3, 0.4) is 0 Å². The number of amides is 2. The quantitative estimate of drug-likeness (QED) is 0.740. The summed E-state index contributed by atoms with van der Waals surface area (Å²) in [6.45, 7) is 0. The summed E-state index contributed by atoms with van der Waals surface area (Å²) in [5.74, 6) is -1.21. The van der Waals surface area contributed by atoms with Crippen LogP contribution in [0, 0.1) is 0 Å². The van der Waals surface area contributed by atoms with Gasteiger partial charge >= 0.3 is 12.3 Å². The highest BCUT2D eigenvalue weighted by molar-refractivity contribution is 7.80. The van der Waals surface area contributed by atoms with Crippen LogP contribution in [-0.2, 0) is 9.53 Å². The molecular formula is C12H12F3N3O3S. The van der Waals surface area contributed by atoms with Crippen molar-refractivity contribution >= 4 is 40.7 Å². The Morgan fingerprint density at radius 3 is 2.23 bits per heavy atom. The first-order valence-corrected chi connectivity index (χ1v) is 6.23. The zero-order valence-corrected chi connectivity index (χ0v) is 12.1. The van der Waals surface area contributed by atoms with E-state index in [4.69, 9.17) is 12.2 Å². The van der Waals surface area contributed by atoms with Crippen LogP contribution < -0.4 is 16.0 Å². The SMILES string of the molecule is COC(=O)NC(=S)Nc1ccccc1NC(=O)CC(F)(F)F. The van der Waals surface area contributed by atoms with E-state index in [1.807, 2.05) is 0 Å². The number of thiocarbonyl (C=S) groups is 1. The van der Waals surface area contributed by atoms with Crippen LogP contribution in [0.25, 0.3) is 0 Å². The Hall–Kier alpha value is -2.36. The molecule has 0 saturated carbocycles. The number of alkyl carbamates (subject to hydrolysis) is 1. The van der Waals surface area contributed by atoms with E-state index in [1.165, 1.54) is 18.2 Å². The number of rotatable bonds is 3. The Labute approximate surface area is 129 Å². The van der Waals surface area contributed by atoms with Gasteiger partial charge in [-0.1, -0.05) is 12.1 Å². The molecule has 0 radical (unpaired) electrons. The molecule has 2 amide bonds. The van der Waals surface area contributed by atoms with Gasteiger partial charge in [-0.05, 0) is 24.4 Å². The predicted molar refractivity (Wildman–Crippen MR) is 77.5 cm³/mol. The van der Waals surface area contributed by atoms with E-state index in [0.717, 1.165) is 7.11 Å². The minimum Gasteiger partial charge on any atom is -0.453 e. The van der Waals surface area contributed by atoms with Gasteiger partial charge < -0.3 is 15.4 Å². The molecule has 0 spiro atoms. The predicted octanol–water partition coefficient (Wildman–Crippen LogP) is 2.63. The van der Waals surface area contributed by atoms with Crippen LogP contribution in [0.1, 0.15) is 6.42 Å². The second-order valence-electron chi connectivity index (χ2n) is 3.96. The van der Waals surface area contributed by atoms with E-state index in [0.29, 0.717) is 0 Å². The van der Waals surface area contributed by atoms with Gasteiger partial charge in [0, 0.05) is 0 Å². The highest BCUT2D eigenvalue weighted by Gasteiger charge is 2.31. The van der Waals surface area contributed by atoms with Gasteiger partial charge in [0.15, 0.2) is 5.11 Å². The van der Waals surface area contributed by atoms with Crippen molar-refractivity contribution in [3.63, 3.8) is 0 Å². The molecule has 120 valence electrons. The molecule has 0 unspecified atom stereocenters. The van der Waals surface area contributed by atoms with Crippen molar-refractivity contribution in [2.24, 2.45) is 0 Å². The molecule has 1 aromatic carbocycles. The fourth-order valence-corrected chi connectivity index (χ4v) is 1.57. The molecule has 0 fully saturated rings. The number of methoxy groups -OCH3 is 1. The number of benzene rings is 1. The Bertz CT molecular complexity index is 578. The number of alkyl halides is 3. The maximum atomic E-state index is 12.1. The molecule has 0 aliphatic carbocycles. The van der Waals surface area contributed by atoms with E-state index >= 15 is 0 Å². The normalized spacial score (nSPS) is 10.5. The van der Waals surface area contributed by atoms with Crippen molar-refractivity contribution in [1.82, 2.24) is 5.32 Å². The van der Waals surface area contributed by atoms with Gasteiger partial charge in [-0.2, -0.15) is 13.2 Å². The largest absolute Gasteiger partial charge is 0.453 e. The lowest BCUT2D eigenvalue weighted by Crippen LogP contribution is -2.34. The Balaban J connectivity index is 2.75. The third-order valence-electron chi connectivity index (χ3n) is 2.21. The summed E-state index contributed by atoms with van der Waals surface area (Å²) in [6.07, 6.45) is -7.02. The monoisotopic (exact) mass is 335 g/mol. The van der Waals surface area contributed by atoms with Gasteiger partial charge in [-0.15, -0.1) is 0 Å². The number of hydrogen-bond acceptors (Lipinski definition) is 4. The Morgan fingerprint density at radius 1 is 1.18 bits per heavy atom. The Kier molecular flexibility index (Phi) is 6.11. The fourth-order valence-electron chi connectivity index (χ4n) is 1.37. The molecule has 0 atom stereocenters. The second-order valence-corrected chi connectivity index (χ2v) is 4.36. The van der Waals surface area contributed by atoms with Gasteiger partial charge in [0.05, 0.1) is 18.5 Å². The number of nitrogens with one attached hydrogen (secondary N) is 3. The lowest BCUT2D eigenvalue weighted by Gasteiger charge is -2.14. The molecule has 6 nitrogen and oxygen atoms in total. The lowest BCUT2D eigenvalue weighted by atomic mass is 10.2. The molecule has 10 heteroatoms. The first-order chi connectivity index (χ1) is 10.2. The summed E-state index contributed by atoms with van der Waals surface area (Å²) < 4.78 is 40.8.